The molecule has 6 nitrogen and oxygen atoms in total. The average Bonchev–Trinajstić information content (AvgIpc) is 3.49. The van der Waals surface area contributed by atoms with Gasteiger partial charge >= 0.3 is 6.18 Å². The summed E-state index contributed by atoms with van der Waals surface area (Å²) in [6.07, 6.45) is -5.61. The van der Waals surface area contributed by atoms with Gasteiger partial charge in [0.1, 0.15) is 17.3 Å². The van der Waals surface area contributed by atoms with Crippen LogP contribution in [0.1, 0.15) is 11.1 Å². The van der Waals surface area contributed by atoms with Gasteiger partial charge in [-0.05, 0) is 59.7 Å². The molecule has 3 aromatic carbocycles. The number of furan rings is 1. The van der Waals surface area contributed by atoms with E-state index >= 15 is 0 Å². The third-order valence-electron chi connectivity index (χ3n) is 6.70. The summed E-state index contributed by atoms with van der Waals surface area (Å²) in [6.45, 7) is 2.50. The minimum atomic E-state index is -4.73. The Balaban J connectivity index is 1.40. The Morgan fingerprint density at radius 1 is 0.850 bits per heavy atom. The van der Waals surface area contributed by atoms with Crippen molar-refractivity contribution in [3.63, 3.8) is 0 Å². The van der Waals surface area contributed by atoms with E-state index in [-0.39, 0.29) is 13.1 Å². The molecule has 1 aliphatic heterocycles. The smallest absolute Gasteiger partial charge is 0.415 e. The Morgan fingerprint density at radius 3 is 2.27 bits per heavy atom. The molecule has 1 fully saturated rings. The summed E-state index contributed by atoms with van der Waals surface area (Å²) in [7, 11) is 0. The van der Waals surface area contributed by atoms with E-state index in [9.17, 15) is 18.3 Å². The number of hydrogen-bond acceptors (Lipinski definition) is 6. The Bertz CT molecular complexity index is 1360. The van der Waals surface area contributed by atoms with Crippen LogP contribution in [0.25, 0.3) is 11.3 Å². The molecule has 4 aromatic rings. The van der Waals surface area contributed by atoms with Crippen molar-refractivity contribution in [1.82, 2.24) is 4.90 Å². The summed E-state index contributed by atoms with van der Waals surface area (Å²) in [4.78, 5) is 3.81. The van der Waals surface area contributed by atoms with Crippen LogP contribution in [0.2, 0.25) is 0 Å². The first-order valence-electron chi connectivity index (χ1n) is 13.1. The number of rotatable bonds is 10. The van der Waals surface area contributed by atoms with E-state index in [2.05, 4.69) is 4.90 Å². The van der Waals surface area contributed by atoms with Gasteiger partial charge in [0, 0.05) is 44.0 Å². The summed E-state index contributed by atoms with van der Waals surface area (Å²) < 4.78 is 57.2. The molecule has 5 rings (SSSR count). The van der Waals surface area contributed by atoms with Crippen LogP contribution < -0.4 is 9.64 Å². The van der Waals surface area contributed by atoms with E-state index in [1.54, 1.807) is 29.4 Å². The minimum absolute atomic E-state index is 0.181. The first kappa shape index (κ1) is 27.8. The second-order valence-electron chi connectivity index (χ2n) is 9.72. The standard InChI is InChI=1S/C31H31F3N2O4/c32-31(33,34)30(37)22-35(20-23-6-4-9-26(18-23)40-25-7-2-1-3-8-25)21-24-11-12-28(36-13-16-38-17-14-36)27(19-24)29-10-5-15-39-29/h1-12,15,18-19,30,37H,13-14,16-17,20-22H2. The topological polar surface area (TPSA) is 58.3 Å². The van der Waals surface area contributed by atoms with Crippen molar-refractivity contribution in [2.75, 3.05) is 37.7 Å². The van der Waals surface area contributed by atoms with Gasteiger partial charge in [0.2, 0.25) is 0 Å². The maximum Gasteiger partial charge on any atom is 0.415 e. The molecule has 2 heterocycles. The maximum atomic E-state index is 13.4. The molecule has 0 saturated carbocycles. The lowest BCUT2D eigenvalue weighted by Crippen LogP contribution is -2.40. The fourth-order valence-electron chi connectivity index (χ4n) is 4.77. The van der Waals surface area contributed by atoms with Crippen molar-refractivity contribution in [1.29, 1.82) is 0 Å². The van der Waals surface area contributed by atoms with E-state index < -0.39 is 18.8 Å². The molecule has 1 aromatic heterocycles. The first-order valence-corrected chi connectivity index (χ1v) is 13.1. The van der Waals surface area contributed by atoms with Crippen LogP contribution in [-0.2, 0) is 17.8 Å². The van der Waals surface area contributed by atoms with Crippen LogP contribution in [0.15, 0.2) is 95.6 Å². The molecule has 1 unspecified atom stereocenters. The molecular formula is C31H31F3N2O4. The Morgan fingerprint density at radius 2 is 1.57 bits per heavy atom. The number of ether oxygens (including phenoxy) is 2. The van der Waals surface area contributed by atoms with Gasteiger partial charge in [0.05, 0.1) is 19.5 Å². The highest BCUT2D eigenvalue weighted by Gasteiger charge is 2.39. The van der Waals surface area contributed by atoms with Gasteiger partial charge < -0.3 is 23.9 Å². The number of aliphatic hydroxyl groups excluding tert-OH is 1. The zero-order chi connectivity index (χ0) is 28.0. The number of aliphatic hydroxyl groups is 1. The highest BCUT2D eigenvalue weighted by Crippen LogP contribution is 2.34. The third-order valence-corrected chi connectivity index (χ3v) is 6.70. The molecule has 1 saturated heterocycles. The minimum Gasteiger partial charge on any atom is -0.464 e. The maximum absolute atomic E-state index is 13.4. The van der Waals surface area contributed by atoms with E-state index in [1.807, 2.05) is 66.7 Å². The quantitative estimate of drug-likeness (QED) is 0.242. The van der Waals surface area contributed by atoms with Gasteiger partial charge in [-0.3, -0.25) is 4.90 Å². The molecule has 9 heteroatoms. The van der Waals surface area contributed by atoms with Gasteiger partial charge in [0.15, 0.2) is 6.10 Å². The predicted molar refractivity (Wildman–Crippen MR) is 146 cm³/mol. The lowest BCUT2D eigenvalue weighted by Gasteiger charge is -2.31. The molecule has 0 aliphatic carbocycles. The van der Waals surface area contributed by atoms with Crippen LogP contribution in [0.3, 0.4) is 0 Å². The van der Waals surface area contributed by atoms with Crippen LogP contribution in [0.4, 0.5) is 18.9 Å². The fourth-order valence-corrected chi connectivity index (χ4v) is 4.77. The number of anilines is 1. The molecule has 40 heavy (non-hydrogen) atoms. The summed E-state index contributed by atoms with van der Waals surface area (Å²) in [5.41, 5.74) is 3.40. The van der Waals surface area contributed by atoms with Crippen molar-refractivity contribution in [2.24, 2.45) is 0 Å². The zero-order valence-corrected chi connectivity index (χ0v) is 21.9. The van der Waals surface area contributed by atoms with Crippen molar-refractivity contribution in [3.05, 3.63) is 102 Å². The second kappa shape index (κ2) is 12.6. The number of benzene rings is 3. The number of alkyl halides is 3. The Kier molecular flexibility index (Phi) is 8.74. The van der Waals surface area contributed by atoms with E-state index in [0.717, 1.165) is 35.5 Å². The van der Waals surface area contributed by atoms with Crippen LogP contribution >= 0.6 is 0 Å². The Hall–Kier alpha value is -3.79. The lowest BCUT2D eigenvalue weighted by atomic mass is 10.0. The average molecular weight is 553 g/mol. The van der Waals surface area contributed by atoms with E-state index in [0.29, 0.717) is 30.5 Å². The van der Waals surface area contributed by atoms with Crippen molar-refractivity contribution in [2.45, 2.75) is 25.4 Å². The number of para-hydroxylation sites is 1. The highest BCUT2D eigenvalue weighted by molar-refractivity contribution is 5.76. The normalized spacial score (nSPS) is 14.9. The number of morpholine rings is 1. The lowest BCUT2D eigenvalue weighted by molar-refractivity contribution is -0.208. The molecule has 0 radical (unpaired) electrons. The zero-order valence-electron chi connectivity index (χ0n) is 21.9. The van der Waals surface area contributed by atoms with Crippen LogP contribution in [0.5, 0.6) is 11.5 Å². The predicted octanol–water partition coefficient (Wildman–Crippen LogP) is 6.50. The molecule has 1 aliphatic rings. The molecule has 1 N–H and O–H groups in total. The molecule has 1 atom stereocenters. The van der Waals surface area contributed by atoms with E-state index in [4.69, 9.17) is 13.9 Å². The summed E-state index contributed by atoms with van der Waals surface area (Å²) in [5.74, 6) is 1.92. The SMILES string of the molecule is OC(CN(Cc1cccc(Oc2ccccc2)c1)Cc1ccc(N2CCOCC2)c(-c2ccco2)c1)C(F)(F)F. The molecule has 0 amide bonds. The van der Waals surface area contributed by atoms with E-state index in [1.165, 1.54) is 0 Å². The first-order chi connectivity index (χ1) is 19.3. The van der Waals surface area contributed by atoms with Gasteiger partial charge in [-0.15, -0.1) is 0 Å². The van der Waals surface area contributed by atoms with Crippen molar-refractivity contribution < 1.29 is 32.2 Å². The van der Waals surface area contributed by atoms with Gasteiger partial charge in [-0.25, -0.2) is 0 Å². The second-order valence-corrected chi connectivity index (χ2v) is 9.72. The third kappa shape index (κ3) is 7.24. The molecular weight excluding hydrogens is 521 g/mol. The summed E-state index contributed by atoms with van der Waals surface area (Å²) in [5, 5.41) is 9.96. The number of halogens is 3. The van der Waals surface area contributed by atoms with Crippen molar-refractivity contribution >= 4 is 5.69 Å². The summed E-state index contributed by atoms with van der Waals surface area (Å²) in [6, 6.07) is 26.0. The summed E-state index contributed by atoms with van der Waals surface area (Å²) >= 11 is 0. The molecule has 0 spiro atoms. The monoisotopic (exact) mass is 552 g/mol. The molecule has 0 bridgehead atoms. The Labute approximate surface area is 231 Å². The molecule has 210 valence electrons. The highest BCUT2D eigenvalue weighted by atomic mass is 19.4. The largest absolute Gasteiger partial charge is 0.464 e. The van der Waals surface area contributed by atoms with Crippen molar-refractivity contribution in [3.8, 4) is 22.8 Å². The van der Waals surface area contributed by atoms with Gasteiger partial charge in [-0.2, -0.15) is 13.2 Å². The number of nitrogens with zero attached hydrogens (tertiary/aromatic N) is 2. The van der Waals surface area contributed by atoms with Gasteiger partial charge in [-0.1, -0.05) is 36.4 Å². The fraction of sp³-hybridized carbons (Fsp3) is 0.290. The number of hydrogen-bond donors (Lipinski definition) is 1. The van der Waals surface area contributed by atoms with Crippen LogP contribution in [-0.4, -0.2) is 55.1 Å². The van der Waals surface area contributed by atoms with Crippen LogP contribution in [0, 0.1) is 0 Å². The van der Waals surface area contributed by atoms with Gasteiger partial charge in [0.25, 0.3) is 0 Å².